The van der Waals surface area contributed by atoms with Gasteiger partial charge in [-0.25, -0.2) is 4.98 Å². The van der Waals surface area contributed by atoms with Gasteiger partial charge in [0.2, 0.25) is 5.91 Å². The van der Waals surface area contributed by atoms with Crippen LogP contribution in [0.25, 0.3) is 0 Å². The van der Waals surface area contributed by atoms with E-state index in [2.05, 4.69) is 26.9 Å². The summed E-state index contributed by atoms with van der Waals surface area (Å²) < 4.78 is 0. The molecule has 2 aliphatic heterocycles. The van der Waals surface area contributed by atoms with Gasteiger partial charge >= 0.3 is 0 Å². The van der Waals surface area contributed by atoms with Gasteiger partial charge < -0.3 is 15.5 Å². The van der Waals surface area contributed by atoms with Crippen molar-refractivity contribution in [1.82, 2.24) is 19.8 Å². The zero-order valence-electron chi connectivity index (χ0n) is 19.6. The van der Waals surface area contributed by atoms with Gasteiger partial charge in [-0.15, -0.1) is 0 Å². The fraction of sp³-hybridized carbons (Fsp3) is 0.520. The molecule has 4 rings (SSSR count). The van der Waals surface area contributed by atoms with Gasteiger partial charge in [-0.1, -0.05) is 11.2 Å². The van der Waals surface area contributed by atoms with Crippen molar-refractivity contribution in [2.45, 2.75) is 38.6 Å². The third-order valence-corrected chi connectivity index (χ3v) is 7.02. The third-order valence-electron chi connectivity index (χ3n) is 7.02. The number of anilines is 1. The van der Waals surface area contributed by atoms with Crippen LogP contribution in [-0.4, -0.2) is 64.7 Å². The molecule has 0 spiro atoms. The van der Waals surface area contributed by atoms with Gasteiger partial charge in [0.15, 0.2) is 0 Å². The Labute approximate surface area is 195 Å². The zero-order valence-corrected chi connectivity index (χ0v) is 19.6. The number of nitrogen functional groups attached to an aromatic ring is 1. The fourth-order valence-electron chi connectivity index (χ4n) is 5.04. The molecule has 0 saturated carbocycles. The minimum Gasteiger partial charge on any atom is -0.399 e. The number of nitrogens with zero attached hydrogens (tertiary/aromatic N) is 5. The Hall–Kier alpha value is -3.00. The summed E-state index contributed by atoms with van der Waals surface area (Å²) in [6.07, 6.45) is 7.09. The first kappa shape index (κ1) is 23.2. The van der Waals surface area contributed by atoms with Crippen molar-refractivity contribution in [3.05, 3.63) is 54.0 Å². The first-order chi connectivity index (χ1) is 16.1. The molecule has 2 N–H and O–H groups in total. The minimum absolute atomic E-state index is 0.107. The Bertz CT molecular complexity index is 950. The monoisotopic (exact) mass is 450 g/mol. The first-order valence-electron chi connectivity index (χ1n) is 11.8. The summed E-state index contributed by atoms with van der Waals surface area (Å²) in [5.41, 5.74) is 8.76. The van der Waals surface area contributed by atoms with E-state index in [0.29, 0.717) is 11.7 Å². The van der Waals surface area contributed by atoms with Gasteiger partial charge in [0.25, 0.3) is 0 Å². The van der Waals surface area contributed by atoms with E-state index in [-0.39, 0.29) is 17.9 Å². The molecule has 1 amide bonds. The summed E-state index contributed by atoms with van der Waals surface area (Å²) in [7, 11) is 1.57. The molecule has 2 fully saturated rings. The second-order valence-corrected chi connectivity index (χ2v) is 8.97. The summed E-state index contributed by atoms with van der Waals surface area (Å²) in [5.74, 6) is 1.21. The van der Waals surface area contributed by atoms with Crippen LogP contribution in [0.1, 0.15) is 49.9 Å². The number of rotatable bonds is 6. The summed E-state index contributed by atoms with van der Waals surface area (Å²) in [6, 6.07) is 10.1. The lowest BCUT2D eigenvalue weighted by Crippen LogP contribution is -2.46. The van der Waals surface area contributed by atoms with Gasteiger partial charge in [0.1, 0.15) is 18.6 Å². The predicted molar refractivity (Wildman–Crippen MR) is 128 cm³/mol. The molecule has 0 bridgehead atoms. The van der Waals surface area contributed by atoms with Crippen LogP contribution >= 0.6 is 0 Å². The van der Waals surface area contributed by atoms with Crippen LogP contribution in [0, 0.1) is 11.8 Å². The molecule has 1 atom stereocenters. The molecule has 2 saturated heterocycles. The molecule has 2 aromatic rings. The average Bonchev–Trinajstić information content (AvgIpc) is 2.87. The molecule has 176 valence electrons. The molecule has 0 radical (unpaired) electrons. The Morgan fingerprint density at radius 1 is 1.06 bits per heavy atom. The number of oxime groups is 1. The number of carbonyl (C=O) groups excluding carboxylic acids is 1. The Kier molecular flexibility index (Phi) is 7.54. The SMILES string of the molecule is CO/N=C(/c1ccccn1)C1CCN(C(=O)C2CCN([C@@H](C)c3ccnc(N)c3)CC2)CC1. The van der Waals surface area contributed by atoms with Crippen LogP contribution in [0.15, 0.2) is 47.9 Å². The largest absolute Gasteiger partial charge is 0.399 e. The Morgan fingerprint density at radius 3 is 2.42 bits per heavy atom. The molecule has 0 aromatic carbocycles. The van der Waals surface area contributed by atoms with Crippen molar-refractivity contribution in [1.29, 1.82) is 0 Å². The average molecular weight is 451 g/mol. The van der Waals surface area contributed by atoms with Gasteiger partial charge in [-0.05, 0) is 75.5 Å². The zero-order chi connectivity index (χ0) is 23.2. The van der Waals surface area contributed by atoms with E-state index >= 15 is 0 Å². The molecule has 8 heteroatoms. The molecule has 4 heterocycles. The molecule has 2 aromatic heterocycles. The highest BCUT2D eigenvalue weighted by atomic mass is 16.6. The highest BCUT2D eigenvalue weighted by Crippen LogP contribution is 2.29. The van der Waals surface area contributed by atoms with E-state index in [1.54, 1.807) is 19.5 Å². The number of aromatic nitrogens is 2. The lowest BCUT2D eigenvalue weighted by atomic mass is 9.88. The molecule has 0 unspecified atom stereocenters. The maximum absolute atomic E-state index is 13.2. The molecule has 2 aliphatic rings. The first-order valence-corrected chi connectivity index (χ1v) is 11.8. The van der Waals surface area contributed by atoms with E-state index in [0.717, 1.165) is 63.3 Å². The molecular formula is C25H34N6O2. The van der Waals surface area contributed by atoms with Crippen LogP contribution < -0.4 is 5.73 Å². The number of amides is 1. The number of pyridine rings is 2. The maximum Gasteiger partial charge on any atom is 0.225 e. The molecular weight excluding hydrogens is 416 g/mol. The maximum atomic E-state index is 13.2. The molecule has 0 aliphatic carbocycles. The lowest BCUT2D eigenvalue weighted by Gasteiger charge is -2.39. The van der Waals surface area contributed by atoms with Crippen molar-refractivity contribution < 1.29 is 9.63 Å². The van der Waals surface area contributed by atoms with E-state index in [1.807, 2.05) is 35.2 Å². The highest BCUT2D eigenvalue weighted by Gasteiger charge is 2.33. The second kappa shape index (κ2) is 10.7. The number of nitrogens with two attached hydrogens (primary N) is 1. The van der Waals surface area contributed by atoms with Crippen molar-refractivity contribution >= 4 is 17.4 Å². The van der Waals surface area contributed by atoms with Crippen molar-refractivity contribution in [2.75, 3.05) is 39.0 Å². The lowest BCUT2D eigenvalue weighted by molar-refractivity contribution is -0.138. The topological polar surface area (TPSA) is 96.9 Å². The van der Waals surface area contributed by atoms with Gasteiger partial charge in [0.05, 0.1) is 5.69 Å². The minimum atomic E-state index is 0.107. The van der Waals surface area contributed by atoms with Gasteiger partial charge in [-0.2, -0.15) is 0 Å². The predicted octanol–water partition coefficient (Wildman–Crippen LogP) is 3.12. The normalized spacial score (nSPS) is 19.9. The molecule has 8 nitrogen and oxygen atoms in total. The van der Waals surface area contributed by atoms with Crippen molar-refractivity contribution in [3.63, 3.8) is 0 Å². The summed E-state index contributed by atoms with van der Waals surface area (Å²) in [5, 5.41) is 4.27. The van der Waals surface area contributed by atoms with Crippen molar-refractivity contribution in [3.8, 4) is 0 Å². The van der Waals surface area contributed by atoms with Crippen LogP contribution in [-0.2, 0) is 9.63 Å². The summed E-state index contributed by atoms with van der Waals surface area (Å²) in [6.45, 7) is 5.54. The number of likely N-dealkylation sites (tertiary alicyclic amines) is 2. The van der Waals surface area contributed by atoms with Crippen LogP contribution in [0.4, 0.5) is 5.82 Å². The highest BCUT2D eigenvalue weighted by molar-refractivity contribution is 6.00. The van der Waals surface area contributed by atoms with Crippen LogP contribution in [0.3, 0.4) is 0 Å². The van der Waals surface area contributed by atoms with E-state index in [1.165, 1.54) is 5.56 Å². The fourth-order valence-corrected chi connectivity index (χ4v) is 5.04. The Balaban J connectivity index is 1.29. The standard InChI is InChI=1S/C25H34N6O2/c1-18(21-6-12-28-23(26)17-21)30-13-9-20(10-14-30)25(32)31-15-7-19(8-16-31)24(29-33-2)22-5-3-4-11-27-22/h3-6,11-12,17-20H,7-10,13-16H2,1-2H3,(H2,26,28)/b29-24+/t18-/m0/s1. The van der Waals surface area contributed by atoms with Crippen LogP contribution in [0.2, 0.25) is 0 Å². The number of piperidine rings is 2. The summed E-state index contributed by atoms with van der Waals surface area (Å²) >= 11 is 0. The van der Waals surface area contributed by atoms with E-state index < -0.39 is 0 Å². The third kappa shape index (κ3) is 5.50. The summed E-state index contributed by atoms with van der Waals surface area (Å²) in [4.78, 5) is 31.3. The quantitative estimate of drug-likeness (QED) is 0.537. The van der Waals surface area contributed by atoms with Crippen molar-refractivity contribution in [2.24, 2.45) is 17.0 Å². The number of carbonyl (C=O) groups is 1. The van der Waals surface area contributed by atoms with Gasteiger partial charge in [0, 0.05) is 43.4 Å². The molecule has 33 heavy (non-hydrogen) atoms. The Morgan fingerprint density at radius 2 is 1.79 bits per heavy atom. The second-order valence-electron chi connectivity index (χ2n) is 8.97. The van der Waals surface area contributed by atoms with Crippen LogP contribution in [0.5, 0.6) is 0 Å². The van der Waals surface area contributed by atoms with Gasteiger partial charge in [-0.3, -0.25) is 14.7 Å². The van der Waals surface area contributed by atoms with E-state index in [4.69, 9.17) is 10.6 Å². The number of hydrogen-bond acceptors (Lipinski definition) is 7. The smallest absolute Gasteiger partial charge is 0.225 e. The van der Waals surface area contributed by atoms with E-state index in [9.17, 15) is 4.79 Å². The number of hydrogen-bond donors (Lipinski definition) is 1.